The van der Waals surface area contributed by atoms with Crippen molar-refractivity contribution >= 4 is 13.7 Å². The van der Waals surface area contributed by atoms with Gasteiger partial charge in [0.2, 0.25) is 5.91 Å². The molecule has 0 aromatic carbocycles. The van der Waals surface area contributed by atoms with Crippen molar-refractivity contribution in [2.24, 2.45) is 0 Å². The lowest BCUT2D eigenvalue weighted by Gasteiger charge is -2.25. The van der Waals surface area contributed by atoms with E-state index >= 15 is 0 Å². The van der Waals surface area contributed by atoms with Gasteiger partial charge in [-0.2, -0.15) is 0 Å². The molecule has 0 saturated heterocycles. The maximum absolute atomic E-state index is 12.9. The third-order valence-corrected chi connectivity index (χ3v) is 10.4. The second-order valence-electron chi connectivity index (χ2n) is 16.4. The fourth-order valence-electron chi connectivity index (χ4n) is 5.79. The normalized spacial score (nSPS) is 15.2. The summed E-state index contributed by atoms with van der Waals surface area (Å²) in [5.74, 6) is -0.208. The number of phosphoric acid groups is 1. The van der Waals surface area contributed by atoms with E-state index in [0.29, 0.717) is 17.4 Å². The van der Waals surface area contributed by atoms with Crippen LogP contribution < -0.4 is 5.32 Å². The highest BCUT2D eigenvalue weighted by molar-refractivity contribution is 7.47. The molecule has 0 rings (SSSR count). The zero-order valence-corrected chi connectivity index (χ0v) is 39.5. The number of aliphatic hydroxyl groups excluding tert-OH is 1. The first-order chi connectivity index (χ1) is 29.0. The molecule has 0 heterocycles. The van der Waals surface area contributed by atoms with E-state index in [4.69, 9.17) is 9.05 Å². The van der Waals surface area contributed by atoms with Crippen molar-refractivity contribution in [2.75, 3.05) is 40.9 Å². The molecule has 0 bridgehead atoms. The van der Waals surface area contributed by atoms with Gasteiger partial charge in [0.05, 0.1) is 39.9 Å². The molecule has 0 aliphatic heterocycles. The third kappa shape index (κ3) is 43.3. The Morgan fingerprint density at radius 3 is 1.52 bits per heavy atom. The Balaban J connectivity index is 4.32. The molecule has 342 valence electrons. The highest BCUT2D eigenvalue weighted by Crippen LogP contribution is 2.43. The molecule has 0 saturated carbocycles. The SMILES string of the molecule is CC/C=C\C/C=C\C/C=C\C/C=C\C/C=C\C/C=C\CCCCCCCCCCC(=O)NC(COP(=O)(O)OCC[N+](C)(C)C)C(O)/C=C/CC/C=C/CC/C=C/CCC. The Morgan fingerprint density at radius 2 is 1.02 bits per heavy atom. The molecule has 0 aliphatic rings. The van der Waals surface area contributed by atoms with E-state index in [-0.39, 0.29) is 19.1 Å². The zero-order chi connectivity index (χ0) is 44.3. The average molecular weight is 856 g/mol. The number of nitrogens with one attached hydrogen (secondary N) is 1. The Hall–Kier alpha value is -2.84. The fourth-order valence-corrected chi connectivity index (χ4v) is 6.52. The Morgan fingerprint density at radius 1 is 0.583 bits per heavy atom. The second-order valence-corrected chi connectivity index (χ2v) is 17.8. The molecule has 60 heavy (non-hydrogen) atoms. The number of phosphoric ester groups is 1. The molecule has 3 N–H and O–H groups in total. The molecule has 0 aromatic heterocycles. The lowest BCUT2D eigenvalue weighted by molar-refractivity contribution is -0.870. The lowest BCUT2D eigenvalue weighted by atomic mass is 10.1. The molecule has 1 amide bonds. The van der Waals surface area contributed by atoms with Crippen LogP contribution in [0.15, 0.2) is 109 Å². The van der Waals surface area contributed by atoms with Crippen molar-refractivity contribution in [1.82, 2.24) is 5.32 Å². The van der Waals surface area contributed by atoms with Crippen molar-refractivity contribution < 1.29 is 32.9 Å². The molecule has 3 atom stereocenters. The number of rotatable bonds is 40. The standard InChI is InChI=1S/C51H87N2O6P/c1-6-8-10-12-14-16-18-19-20-21-22-23-24-25-26-27-28-29-30-31-32-33-35-37-39-41-43-45-51(55)52-49(48-59-60(56,57)58-47-46-53(3,4)5)50(54)44-42-40-38-36-34-17-15-13-11-9-7-2/h8,10-11,13-14,16,19-20,22-23,25-26,28-29,34,36,42,44,49-50,54H,6-7,9,12,15,17-18,21,24,27,30-33,35,37-41,43,45-48H2,1-5H3,(H-,52,55,56,57)/p+1/b10-8-,13-11+,16-14-,20-19-,23-22-,26-25-,29-28-,36-34+,44-42+. The van der Waals surface area contributed by atoms with Crippen LogP contribution in [0, 0.1) is 0 Å². The van der Waals surface area contributed by atoms with Gasteiger partial charge in [0.25, 0.3) is 0 Å². The van der Waals surface area contributed by atoms with Gasteiger partial charge in [-0.15, -0.1) is 0 Å². The van der Waals surface area contributed by atoms with Crippen LogP contribution in [0.25, 0.3) is 0 Å². The van der Waals surface area contributed by atoms with Gasteiger partial charge in [-0.25, -0.2) is 4.57 Å². The van der Waals surface area contributed by atoms with Crippen LogP contribution in [-0.4, -0.2) is 73.4 Å². The molecular formula is C51H88N2O6P+. The third-order valence-electron chi connectivity index (χ3n) is 9.44. The van der Waals surface area contributed by atoms with E-state index in [1.807, 2.05) is 27.2 Å². The maximum Gasteiger partial charge on any atom is 0.472 e. The van der Waals surface area contributed by atoms with Crippen molar-refractivity contribution in [1.29, 1.82) is 0 Å². The van der Waals surface area contributed by atoms with Crippen LogP contribution in [-0.2, 0) is 18.4 Å². The molecule has 0 fully saturated rings. The molecule has 0 spiro atoms. The number of likely N-dealkylation sites (N-methyl/N-ethyl adjacent to an activating group) is 1. The summed E-state index contributed by atoms with van der Waals surface area (Å²) in [6, 6.07) is -0.880. The summed E-state index contributed by atoms with van der Waals surface area (Å²) in [7, 11) is 1.52. The van der Waals surface area contributed by atoms with Crippen LogP contribution in [0.1, 0.15) is 155 Å². The number of amides is 1. The Labute approximate surface area is 368 Å². The minimum Gasteiger partial charge on any atom is -0.387 e. The number of hydrogen-bond donors (Lipinski definition) is 3. The Kier molecular flexibility index (Phi) is 39.5. The monoisotopic (exact) mass is 856 g/mol. The number of unbranched alkanes of at least 4 members (excludes halogenated alkanes) is 11. The predicted molar refractivity (Wildman–Crippen MR) is 258 cm³/mol. The molecule has 0 aliphatic carbocycles. The minimum absolute atomic E-state index is 0.0453. The van der Waals surface area contributed by atoms with Crippen molar-refractivity contribution in [2.45, 2.75) is 167 Å². The first-order valence-electron chi connectivity index (χ1n) is 23.3. The van der Waals surface area contributed by atoms with Gasteiger partial charge in [0.1, 0.15) is 13.2 Å². The van der Waals surface area contributed by atoms with E-state index in [2.05, 4.69) is 116 Å². The molecule has 0 aromatic rings. The number of carbonyl (C=O) groups is 1. The summed E-state index contributed by atoms with van der Waals surface area (Å²) < 4.78 is 23.5. The molecule has 8 nitrogen and oxygen atoms in total. The highest BCUT2D eigenvalue weighted by Gasteiger charge is 2.27. The first kappa shape index (κ1) is 57.2. The van der Waals surface area contributed by atoms with E-state index in [0.717, 1.165) is 103 Å². The number of allylic oxidation sites excluding steroid dienone is 17. The van der Waals surface area contributed by atoms with Gasteiger partial charge >= 0.3 is 7.82 Å². The smallest absolute Gasteiger partial charge is 0.387 e. The second kappa shape index (κ2) is 41.5. The largest absolute Gasteiger partial charge is 0.472 e. The topological polar surface area (TPSA) is 105 Å². The molecule has 3 unspecified atom stereocenters. The number of aliphatic hydroxyl groups is 1. The van der Waals surface area contributed by atoms with Gasteiger partial charge < -0.3 is 19.8 Å². The Bertz CT molecular complexity index is 1340. The van der Waals surface area contributed by atoms with E-state index in [9.17, 15) is 19.4 Å². The van der Waals surface area contributed by atoms with Crippen LogP contribution in [0.2, 0.25) is 0 Å². The van der Waals surface area contributed by atoms with Crippen LogP contribution in [0.4, 0.5) is 0 Å². The summed E-state index contributed by atoms with van der Waals surface area (Å²) in [6.07, 6.45) is 60.3. The fraction of sp³-hybridized carbons (Fsp3) is 0.627. The highest BCUT2D eigenvalue weighted by atomic mass is 31.2. The first-order valence-corrected chi connectivity index (χ1v) is 24.8. The van der Waals surface area contributed by atoms with Crippen LogP contribution in [0.5, 0.6) is 0 Å². The number of carbonyl (C=O) groups excluding carboxylic acids is 1. The predicted octanol–water partition coefficient (Wildman–Crippen LogP) is 13.3. The number of nitrogens with zero attached hydrogens (tertiary/aromatic N) is 1. The maximum atomic E-state index is 12.9. The van der Waals surface area contributed by atoms with Gasteiger partial charge in [0.15, 0.2) is 0 Å². The van der Waals surface area contributed by atoms with Gasteiger partial charge in [-0.05, 0) is 89.9 Å². The van der Waals surface area contributed by atoms with Gasteiger partial charge in [-0.1, -0.05) is 168 Å². The van der Waals surface area contributed by atoms with E-state index < -0.39 is 20.0 Å². The quantitative estimate of drug-likeness (QED) is 0.0245. The number of hydrogen-bond acceptors (Lipinski definition) is 5. The number of quaternary nitrogens is 1. The zero-order valence-electron chi connectivity index (χ0n) is 38.6. The summed E-state index contributed by atoms with van der Waals surface area (Å²) >= 11 is 0. The van der Waals surface area contributed by atoms with Crippen molar-refractivity contribution in [3.8, 4) is 0 Å². The van der Waals surface area contributed by atoms with Gasteiger partial charge in [0, 0.05) is 6.42 Å². The summed E-state index contributed by atoms with van der Waals surface area (Å²) in [4.78, 5) is 23.1. The molecule has 9 heteroatoms. The summed E-state index contributed by atoms with van der Waals surface area (Å²) in [5, 5.41) is 13.8. The average Bonchev–Trinajstić information content (AvgIpc) is 3.20. The van der Waals surface area contributed by atoms with E-state index in [1.165, 1.54) is 32.1 Å². The minimum atomic E-state index is -4.36. The molecular weight excluding hydrogens is 768 g/mol. The summed E-state index contributed by atoms with van der Waals surface area (Å²) in [5.41, 5.74) is 0. The van der Waals surface area contributed by atoms with Gasteiger partial charge in [-0.3, -0.25) is 13.8 Å². The van der Waals surface area contributed by atoms with Crippen LogP contribution in [0.3, 0.4) is 0 Å². The van der Waals surface area contributed by atoms with Crippen LogP contribution >= 0.6 is 7.82 Å². The lowest BCUT2D eigenvalue weighted by Crippen LogP contribution is -2.45. The van der Waals surface area contributed by atoms with Crippen molar-refractivity contribution in [3.05, 3.63) is 109 Å². The molecule has 0 radical (unpaired) electrons. The summed E-state index contributed by atoms with van der Waals surface area (Å²) in [6.45, 7) is 4.55. The van der Waals surface area contributed by atoms with Crippen molar-refractivity contribution in [3.63, 3.8) is 0 Å². The van der Waals surface area contributed by atoms with E-state index in [1.54, 1.807) is 6.08 Å².